The maximum Gasteiger partial charge on any atom is 0.253 e. The minimum absolute atomic E-state index is 0.0730. The van der Waals surface area contributed by atoms with Crippen molar-refractivity contribution in [3.8, 4) is 22.7 Å². The summed E-state index contributed by atoms with van der Waals surface area (Å²) in [6.07, 6.45) is 1.45. The predicted octanol–water partition coefficient (Wildman–Crippen LogP) is 6.72. The summed E-state index contributed by atoms with van der Waals surface area (Å²) >= 11 is 3.47. The molecule has 8 heteroatoms. The van der Waals surface area contributed by atoms with Crippen LogP contribution in [0.1, 0.15) is 38.1 Å². The van der Waals surface area contributed by atoms with Gasteiger partial charge in [0.25, 0.3) is 5.91 Å². The highest BCUT2D eigenvalue weighted by Crippen LogP contribution is 2.37. The molecule has 0 unspecified atom stereocenters. The number of carbonyl (C=O) groups excluding carboxylic acids is 1. The lowest BCUT2D eigenvalue weighted by atomic mass is 10.1. The molecule has 6 nitrogen and oxygen atoms in total. The van der Waals surface area contributed by atoms with Crippen LogP contribution >= 0.6 is 15.9 Å². The van der Waals surface area contributed by atoms with E-state index in [2.05, 4.69) is 15.9 Å². The Morgan fingerprint density at radius 2 is 1.71 bits per heavy atom. The van der Waals surface area contributed by atoms with Gasteiger partial charge in [-0.05, 0) is 93.4 Å². The van der Waals surface area contributed by atoms with Crippen LogP contribution in [0.3, 0.4) is 0 Å². The largest absolute Gasteiger partial charge is 0.491 e. The summed E-state index contributed by atoms with van der Waals surface area (Å²) in [5.74, 6) is 0.423. The van der Waals surface area contributed by atoms with E-state index in [1.165, 1.54) is 12.1 Å². The highest BCUT2D eigenvalue weighted by atomic mass is 79.9. The normalized spacial score (nSPS) is 17.4. The van der Waals surface area contributed by atoms with E-state index in [1.807, 2.05) is 68.6 Å². The molecule has 0 spiro atoms. The standard InChI is InChI=1S/C30H29BrFN3O3/c1-19(2)37-26-14-4-21(5-15-26)16-17-34-29(36)20(3)38-30(34)27-18-35(25-12-8-23(31)9-13-25)33-28(27)22-6-10-24(32)11-7-22/h4-15,18-20,30H,16-17H2,1-3H3/t20-,30-/m1/s1. The van der Waals surface area contributed by atoms with E-state index < -0.39 is 12.3 Å². The molecule has 0 bridgehead atoms. The van der Waals surface area contributed by atoms with E-state index in [0.717, 1.165) is 32.6 Å². The fourth-order valence-corrected chi connectivity index (χ4v) is 4.79. The number of rotatable bonds is 8. The molecule has 1 aliphatic rings. The fourth-order valence-electron chi connectivity index (χ4n) is 4.53. The zero-order chi connectivity index (χ0) is 26.8. The zero-order valence-electron chi connectivity index (χ0n) is 21.5. The minimum atomic E-state index is -0.620. The molecule has 0 radical (unpaired) electrons. The Balaban J connectivity index is 1.46. The molecule has 4 aromatic rings. The van der Waals surface area contributed by atoms with Gasteiger partial charge in [0, 0.05) is 28.3 Å². The molecular formula is C30H29BrFN3O3. The summed E-state index contributed by atoms with van der Waals surface area (Å²) in [5.41, 5.74) is 4.08. The lowest BCUT2D eigenvalue weighted by Crippen LogP contribution is -2.32. The van der Waals surface area contributed by atoms with Crippen molar-refractivity contribution in [2.24, 2.45) is 0 Å². The number of ether oxygens (including phenoxy) is 2. The van der Waals surface area contributed by atoms with Gasteiger partial charge in [0.1, 0.15) is 23.4 Å². The quantitative estimate of drug-likeness (QED) is 0.233. The number of carbonyl (C=O) groups is 1. The summed E-state index contributed by atoms with van der Waals surface area (Å²) < 4.78 is 28.4. The second-order valence-corrected chi connectivity index (χ2v) is 10.5. The van der Waals surface area contributed by atoms with Crippen molar-refractivity contribution < 1.29 is 18.7 Å². The van der Waals surface area contributed by atoms with E-state index in [-0.39, 0.29) is 17.8 Å². The SMILES string of the molecule is CC(C)Oc1ccc(CCN2C(=O)[C@@H](C)O[C@@H]2c2cn(-c3ccc(Br)cc3)nc2-c2ccc(F)cc2)cc1. The molecule has 1 fully saturated rings. The van der Waals surface area contributed by atoms with Crippen molar-refractivity contribution in [2.45, 2.75) is 45.6 Å². The highest BCUT2D eigenvalue weighted by molar-refractivity contribution is 9.10. The first-order chi connectivity index (χ1) is 18.3. The Kier molecular flexibility index (Phi) is 7.63. The second-order valence-electron chi connectivity index (χ2n) is 9.58. The summed E-state index contributed by atoms with van der Waals surface area (Å²) in [6, 6.07) is 21.9. The van der Waals surface area contributed by atoms with Crippen LogP contribution in [0.15, 0.2) is 83.5 Å². The van der Waals surface area contributed by atoms with Gasteiger partial charge in [0.2, 0.25) is 0 Å². The van der Waals surface area contributed by atoms with Crippen molar-refractivity contribution >= 4 is 21.8 Å². The highest BCUT2D eigenvalue weighted by Gasteiger charge is 2.40. The van der Waals surface area contributed by atoms with Gasteiger partial charge in [-0.25, -0.2) is 9.07 Å². The third kappa shape index (κ3) is 5.66. The van der Waals surface area contributed by atoms with Crippen molar-refractivity contribution in [3.05, 3.63) is 100 Å². The van der Waals surface area contributed by atoms with E-state index in [1.54, 1.807) is 28.6 Å². The minimum Gasteiger partial charge on any atom is -0.491 e. The van der Waals surface area contributed by atoms with Crippen molar-refractivity contribution in [1.82, 2.24) is 14.7 Å². The topological polar surface area (TPSA) is 56.6 Å². The summed E-state index contributed by atoms with van der Waals surface area (Å²) in [6.45, 7) is 6.23. The third-order valence-corrected chi connectivity index (χ3v) is 6.93. The van der Waals surface area contributed by atoms with Crippen LogP contribution in [0, 0.1) is 5.82 Å². The van der Waals surface area contributed by atoms with Crippen LogP contribution in [0.5, 0.6) is 5.75 Å². The predicted molar refractivity (Wildman–Crippen MR) is 148 cm³/mol. The molecule has 1 aliphatic heterocycles. The summed E-state index contributed by atoms with van der Waals surface area (Å²) in [7, 11) is 0. The van der Waals surface area contributed by atoms with Crippen LogP contribution in [-0.2, 0) is 16.0 Å². The van der Waals surface area contributed by atoms with Crippen molar-refractivity contribution in [1.29, 1.82) is 0 Å². The number of aromatic nitrogens is 2. The second kappa shape index (κ2) is 11.1. The molecule has 2 atom stereocenters. The van der Waals surface area contributed by atoms with E-state index in [9.17, 15) is 9.18 Å². The van der Waals surface area contributed by atoms with Gasteiger partial charge in [-0.2, -0.15) is 5.10 Å². The van der Waals surface area contributed by atoms with E-state index >= 15 is 0 Å². The van der Waals surface area contributed by atoms with E-state index in [4.69, 9.17) is 14.6 Å². The third-order valence-electron chi connectivity index (χ3n) is 6.40. The van der Waals surface area contributed by atoms with Gasteiger partial charge in [0.15, 0.2) is 6.23 Å². The lowest BCUT2D eigenvalue weighted by molar-refractivity contribution is -0.130. The first-order valence-corrected chi connectivity index (χ1v) is 13.4. The van der Waals surface area contributed by atoms with Gasteiger partial charge in [0.05, 0.1) is 11.8 Å². The first-order valence-electron chi connectivity index (χ1n) is 12.6. The Hall–Kier alpha value is -3.49. The van der Waals surface area contributed by atoms with Crippen LogP contribution in [0.4, 0.5) is 4.39 Å². The smallest absolute Gasteiger partial charge is 0.253 e. The Labute approximate surface area is 230 Å². The van der Waals surface area contributed by atoms with Crippen LogP contribution < -0.4 is 4.74 Å². The van der Waals surface area contributed by atoms with Crippen LogP contribution in [0.2, 0.25) is 0 Å². The fraction of sp³-hybridized carbons (Fsp3) is 0.267. The number of amides is 1. The average Bonchev–Trinajstić information content (AvgIpc) is 3.45. The van der Waals surface area contributed by atoms with Crippen molar-refractivity contribution in [2.75, 3.05) is 6.54 Å². The summed E-state index contributed by atoms with van der Waals surface area (Å²) in [5, 5.41) is 4.84. The number of hydrogen-bond acceptors (Lipinski definition) is 4. The molecule has 5 rings (SSSR count). The molecule has 3 aromatic carbocycles. The van der Waals surface area contributed by atoms with Crippen LogP contribution in [-0.4, -0.2) is 39.3 Å². The summed E-state index contributed by atoms with van der Waals surface area (Å²) in [4.78, 5) is 15.0. The molecule has 0 N–H and O–H groups in total. The number of benzene rings is 3. The maximum atomic E-state index is 13.7. The van der Waals surface area contributed by atoms with Gasteiger partial charge < -0.3 is 14.4 Å². The average molecular weight is 578 g/mol. The Morgan fingerprint density at radius 3 is 2.37 bits per heavy atom. The zero-order valence-corrected chi connectivity index (χ0v) is 23.1. The molecule has 0 aliphatic carbocycles. The van der Waals surface area contributed by atoms with E-state index in [0.29, 0.717) is 18.7 Å². The maximum absolute atomic E-state index is 13.7. The molecule has 196 valence electrons. The van der Waals surface area contributed by atoms with Gasteiger partial charge in [-0.15, -0.1) is 0 Å². The molecule has 1 aromatic heterocycles. The molecule has 1 amide bonds. The van der Waals surface area contributed by atoms with Gasteiger partial charge in [-0.1, -0.05) is 28.1 Å². The molecule has 0 saturated carbocycles. The first kappa shape index (κ1) is 26.1. The Bertz CT molecular complexity index is 1400. The lowest BCUT2D eigenvalue weighted by Gasteiger charge is -2.23. The van der Waals surface area contributed by atoms with Gasteiger partial charge in [-0.3, -0.25) is 4.79 Å². The number of hydrogen-bond donors (Lipinski definition) is 0. The molecule has 2 heterocycles. The van der Waals surface area contributed by atoms with Crippen molar-refractivity contribution in [3.63, 3.8) is 0 Å². The molecule has 38 heavy (non-hydrogen) atoms. The number of halogens is 2. The molecular weight excluding hydrogens is 549 g/mol. The number of nitrogens with zero attached hydrogens (tertiary/aromatic N) is 3. The van der Waals surface area contributed by atoms with Crippen LogP contribution in [0.25, 0.3) is 16.9 Å². The monoisotopic (exact) mass is 577 g/mol. The Morgan fingerprint density at radius 1 is 1.03 bits per heavy atom. The molecule has 1 saturated heterocycles. The van der Waals surface area contributed by atoms with Gasteiger partial charge >= 0.3 is 0 Å².